The van der Waals surface area contributed by atoms with Gasteiger partial charge in [0.2, 0.25) is 5.82 Å². The molecule has 0 atom stereocenters. The Labute approximate surface area is 75.4 Å². The summed E-state index contributed by atoms with van der Waals surface area (Å²) in [6.45, 7) is 1.85. The van der Waals surface area contributed by atoms with Crippen LogP contribution in [0.1, 0.15) is 12.7 Å². The van der Waals surface area contributed by atoms with Crippen molar-refractivity contribution in [1.29, 1.82) is 0 Å². The van der Waals surface area contributed by atoms with Crippen LogP contribution in [0.4, 0.5) is 13.2 Å². The molecule has 0 radical (unpaired) electrons. The molecule has 0 aliphatic carbocycles. The van der Waals surface area contributed by atoms with Crippen LogP contribution in [-0.2, 0) is 6.18 Å². The molecule has 1 heterocycles. The number of alkyl halides is 3. The summed E-state index contributed by atoms with van der Waals surface area (Å²) in [5.74, 6) is -0.338. The van der Waals surface area contributed by atoms with E-state index in [9.17, 15) is 13.2 Å². The molecule has 0 aromatic carbocycles. The van der Waals surface area contributed by atoms with E-state index in [1.165, 1.54) is 11.8 Å². The average Bonchev–Trinajstić information content (AvgIpc) is 2.35. The van der Waals surface area contributed by atoms with Gasteiger partial charge in [-0.2, -0.15) is 17.5 Å². The Balaban J connectivity index is 2.77. The lowest BCUT2D eigenvalue weighted by molar-refractivity contribution is -0.144. The standard InChI is InChI=1S/C5H5F3N2S2/c1-2-11-4-9-3(10-12-4)5(6,7)8/h2H2,1H3. The van der Waals surface area contributed by atoms with Crippen LogP contribution in [0.15, 0.2) is 4.34 Å². The topological polar surface area (TPSA) is 25.8 Å². The van der Waals surface area contributed by atoms with Crippen molar-refractivity contribution in [2.45, 2.75) is 17.4 Å². The lowest BCUT2D eigenvalue weighted by atomic mass is 10.6. The van der Waals surface area contributed by atoms with Gasteiger partial charge in [0.1, 0.15) is 0 Å². The van der Waals surface area contributed by atoms with Crippen LogP contribution in [0.25, 0.3) is 0 Å². The Morgan fingerprint density at radius 1 is 1.50 bits per heavy atom. The first-order valence-electron chi connectivity index (χ1n) is 3.07. The smallest absolute Gasteiger partial charge is 0.204 e. The van der Waals surface area contributed by atoms with Gasteiger partial charge in [0.05, 0.1) is 0 Å². The monoisotopic (exact) mass is 214 g/mol. The summed E-state index contributed by atoms with van der Waals surface area (Å²) in [5, 5.41) is 0. The van der Waals surface area contributed by atoms with Crippen molar-refractivity contribution in [2.75, 3.05) is 5.75 Å². The molecule has 0 saturated heterocycles. The van der Waals surface area contributed by atoms with Crippen molar-refractivity contribution < 1.29 is 13.2 Å². The molecular weight excluding hydrogens is 209 g/mol. The fourth-order valence-corrected chi connectivity index (χ4v) is 2.02. The predicted molar refractivity (Wildman–Crippen MR) is 41.3 cm³/mol. The zero-order chi connectivity index (χ0) is 9.19. The van der Waals surface area contributed by atoms with E-state index in [1.807, 2.05) is 6.92 Å². The van der Waals surface area contributed by atoms with Gasteiger partial charge in [-0.15, -0.1) is 0 Å². The molecule has 7 heteroatoms. The lowest BCUT2D eigenvalue weighted by Crippen LogP contribution is -2.06. The van der Waals surface area contributed by atoms with E-state index in [4.69, 9.17) is 0 Å². The van der Waals surface area contributed by atoms with Crippen LogP contribution in [-0.4, -0.2) is 15.1 Å². The van der Waals surface area contributed by atoms with Crippen LogP contribution in [0, 0.1) is 0 Å². The molecular formula is C5H5F3N2S2. The van der Waals surface area contributed by atoms with E-state index in [0.717, 1.165) is 11.5 Å². The molecule has 0 spiro atoms. The number of nitrogens with zero attached hydrogens (tertiary/aromatic N) is 2. The van der Waals surface area contributed by atoms with Gasteiger partial charge >= 0.3 is 6.18 Å². The van der Waals surface area contributed by atoms with Crippen LogP contribution >= 0.6 is 23.3 Å². The molecule has 0 aliphatic heterocycles. The predicted octanol–water partition coefficient (Wildman–Crippen LogP) is 2.67. The van der Waals surface area contributed by atoms with Crippen molar-refractivity contribution >= 4 is 23.3 Å². The third-order valence-corrected chi connectivity index (χ3v) is 2.64. The second-order valence-corrected chi connectivity index (χ2v) is 4.08. The van der Waals surface area contributed by atoms with Gasteiger partial charge in [-0.3, -0.25) is 0 Å². The van der Waals surface area contributed by atoms with Crippen LogP contribution < -0.4 is 0 Å². The van der Waals surface area contributed by atoms with Crippen molar-refractivity contribution in [3.63, 3.8) is 0 Å². The summed E-state index contributed by atoms with van der Waals surface area (Å²) in [6.07, 6.45) is -4.41. The van der Waals surface area contributed by atoms with E-state index >= 15 is 0 Å². The Kier molecular flexibility index (Phi) is 2.94. The first kappa shape index (κ1) is 9.79. The maximum atomic E-state index is 11.9. The lowest BCUT2D eigenvalue weighted by Gasteiger charge is -1.97. The zero-order valence-electron chi connectivity index (χ0n) is 6.05. The summed E-state index contributed by atoms with van der Waals surface area (Å²) >= 11 is 2.04. The largest absolute Gasteiger partial charge is 0.452 e. The number of hydrogen-bond acceptors (Lipinski definition) is 4. The summed E-state index contributed by atoms with van der Waals surface area (Å²) in [7, 11) is 0. The molecule has 0 unspecified atom stereocenters. The maximum absolute atomic E-state index is 11.9. The van der Waals surface area contributed by atoms with Gasteiger partial charge in [0.25, 0.3) is 0 Å². The van der Waals surface area contributed by atoms with Crippen LogP contribution in [0.3, 0.4) is 0 Å². The number of halogens is 3. The molecule has 0 saturated carbocycles. The van der Waals surface area contributed by atoms with Crippen molar-refractivity contribution in [3.8, 4) is 0 Å². The highest BCUT2D eigenvalue weighted by atomic mass is 32.2. The Bertz CT molecular complexity index is 257. The van der Waals surface area contributed by atoms with Gasteiger partial charge in [0.15, 0.2) is 4.34 Å². The quantitative estimate of drug-likeness (QED) is 0.708. The average molecular weight is 214 g/mol. The normalized spacial score (nSPS) is 12.0. The second-order valence-electron chi connectivity index (χ2n) is 1.81. The van der Waals surface area contributed by atoms with Gasteiger partial charge in [-0.05, 0) is 17.3 Å². The van der Waals surface area contributed by atoms with E-state index in [1.54, 1.807) is 0 Å². The van der Waals surface area contributed by atoms with Gasteiger partial charge in [-0.25, -0.2) is 4.98 Å². The zero-order valence-corrected chi connectivity index (χ0v) is 7.68. The summed E-state index contributed by atoms with van der Waals surface area (Å²) in [4.78, 5) is 3.32. The second kappa shape index (κ2) is 3.61. The molecule has 0 bridgehead atoms. The highest BCUT2D eigenvalue weighted by molar-refractivity contribution is 8.00. The summed E-state index contributed by atoms with van der Waals surface area (Å²) in [5.41, 5.74) is 0. The summed E-state index contributed by atoms with van der Waals surface area (Å²) < 4.78 is 39.3. The van der Waals surface area contributed by atoms with E-state index < -0.39 is 12.0 Å². The highest BCUT2D eigenvalue weighted by Gasteiger charge is 2.35. The number of hydrogen-bond donors (Lipinski definition) is 0. The maximum Gasteiger partial charge on any atom is 0.452 e. The third-order valence-electron chi connectivity index (χ3n) is 0.929. The van der Waals surface area contributed by atoms with Gasteiger partial charge in [-0.1, -0.05) is 18.7 Å². The fraction of sp³-hybridized carbons (Fsp3) is 0.600. The van der Waals surface area contributed by atoms with E-state index in [-0.39, 0.29) is 0 Å². The van der Waals surface area contributed by atoms with Gasteiger partial charge < -0.3 is 0 Å². The molecule has 2 nitrogen and oxygen atoms in total. The molecule has 68 valence electrons. The first-order chi connectivity index (χ1) is 5.54. The van der Waals surface area contributed by atoms with Crippen LogP contribution in [0.5, 0.6) is 0 Å². The van der Waals surface area contributed by atoms with Crippen molar-refractivity contribution in [2.24, 2.45) is 0 Å². The fourth-order valence-electron chi connectivity index (χ4n) is 0.507. The molecule has 0 amide bonds. The molecule has 12 heavy (non-hydrogen) atoms. The van der Waals surface area contributed by atoms with Crippen LogP contribution in [0.2, 0.25) is 0 Å². The SMILES string of the molecule is CCSc1nc(C(F)(F)F)ns1. The molecule has 0 fully saturated rings. The molecule has 0 aliphatic rings. The van der Waals surface area contributed by atoms with E-state index in [0.29, 0.717) is 10.1 Å². The number of thioether (sulfide) groups is 1. The molecule has 1 rings (SSSR count). The minimum Gasteiger partial charge on any atom is -0.204 e. The molecule has 1 aromatic heterocycles. The van der Waals surface area contributed by atoms with E-state index in [2.05, 4.69) is 9.36 Å². The Morgan fingerprint density at radius 2 is 2.17 bits per heavy atom. The number of rotatable bonds is 2. The minimum absolute atomic E-state index is 0.366. The van der Waals surface area contributed by atoms with Crippen molar-refractivity contribution in [1.82, 2.24) is 9.36 Å². The minimum atomic E-state index is -4.41. The Morgan fingerprint density at radius 3 is 2.58 bits per heavy atom. The highest BCUT2D eigenvalue weighted by Crippen LogP contribution is 2.30. The van der Waals surface area contributed by atoms with Gasteiger partial charge in [0, 0.05) is 0 Å². The Hall–Kier alpha value is -0.300. The molecule has 1 aromatic rings. The number of aromatic nitrogens is 2. The van der Waals surface area contributed by atoms with Crippen molar-refractivity contribution in [3.05, 3.63) is 5.82 Å². The first-order valence-corrected chi connectivity index (χ1v) is 4.83. The molecule has 0 N–H and O–H groups in total. The summed E-state index contributed by atoms with van der Waals surface area (Å²) in [6, 6.07) is 0. The third kappa shape index (κ3) is 2.34.